The number of aryl methyl sites for hydroxylation is 1. The summed E-state index contributed by atoms with van der Waals surface area (Å²) in [5.41, 5.74) is 8.05. The molecule has 0 saturated carbocycles. The SMILES string of the molecule is COc1cc(C)cc(C(C)N)c1. The van der Waals surface area contributed by atoms with Crippen molar-refractivity contribution in [2.75, 3.05) is 7.11 Å². The zero-order valence-electron chi connectivity index (χ0n) is 7.79. The molecule has 0 fully saturated rings. The van der Waals surface area contributed by atoms with Gasteiger partial charge < -0.3 is 10.5 Å². The molecule has 1 atom stereocenters. The molecule has 0 aliphatic heterocycles. The van der Waals surface area contributed by atoms with Crippen molar-refractivity contribution in [3.05, 3.63) is 29.3 Å². The monoisotopic (exact) mass is 165 g/mol. The van der Waals surface area contributed by atoms with E-state index in [0.29, 0.717) is 0 Å². The fraction of sp³-hybridized carbons (Fsp3) is 0.400. The topological polar surface area (TPSA) is 35.2 Å². The summed E-state index contributed by atoms with van der Waals surface area (Å²) in [6.45, 7) is 4.00. The number of benzene rings is 1. The van der Waals surface area contributed by atoms with E-state index in [-0.39, 0.29) is 6.04 Å². The minimum atomic E-state index is 0.0683. The third-order valence-electron chi connectivity index (χ3n) is 1.83. The van der Waals surface area contributed by atoms with E-state index in [1.54, 1.807) is 7.11 Å². The van der Waals surface area contributed by atoms with Crippen molar-refractivity contribution in [2.45, 2.75) is 19.9 Å². The van der Waals surface area contributed by atoms with E-state index in [0.717, 1.165) is 11.3 Å². The zero-order valence-corrected chi connectivity index (χ0v) is 7.79. The van der Waals surface area contributed by atoms with Crippen molar-refractivity contribution in [1.82, 2.24) is 0 Å². The summed E-state index contributed by atoms with van der Waals surface area (Å²) < 4.78 is 5.13. The second kappa shape index (κ2) is 3.59. The molecular formula is C10H15NO. The summed E-state index contributed by atoms with van der Waals surface area (Å²) >= 11 is 0. The maximum atomic E-state index is 5.75. The van der Waals surface area contributed by atoms with Gasteiger partial charge in [-0.3, -0.25) is 0 Å². The summed E-state index contributed by atoms with van der Waals surface area (Å²) in [6.07, 6.45) is 0. The fourth-order valence-corrected chi connectivity index (χ4v) is 1.16. The highest BCUT2D eigenvalue weighted by molar-refractivity contribution is 5.35. The molecule has 2 heteroatoms. The molecule has 0 aliphatic rings. The van der Waals surface area contributed by atoms with Crippen LogP contribution in [0.15, 0.2) is 18.2 Å². The molecule has 0 aromatic heterocycles. The average molecular weight is 165 g/mol. The van der Waals surface area contributed by atoms with Gasteiger partial charge in [0.1, 0.15) is 5.75 Å². The minimum absolute atomic E-state index is 0.0683. The average Bonchev–Trinajstić information content (AvgIpc) is 2.03. The Labute approximate surface area is 73.3 Å². The van der Waals surface area contributed by atoms with Crippen LogP contribution in [0.3, 0.4) is 0 Å². The highest BCUT2D eigenvalue weighted by Gasteiger charge is 2.01. The quantitative estimate of drug-likeness (QED) is 0.727. The Bertz CT molecular complexity index is 269. The predicted molar refractivity (Wildman–Crippen MR) is 50.3 cm³/mol. The van der Waals surface area contributed by atoms with Gasteiger partial charge in [0.15, 0.2) is 0 Å². The molecule has 0 heterocycles. The van der Waals surface area contributed by atoms with Crippen molar-refractivity contribution >= 4 is 0 Å². The van der Waals surface area contributed by atoms with Gasteiger partial charge in [-0.05, 0) is 37.1 Å². The van der Waals surface area contributed by atoms with Crippen LogP contribution in [0, 0.1) is 6.92 Å². The van der Waals surface area contributed by atoms with Crippen molar-refractivity contribution in [1.29, 1.82) is 0 Å². The van der Waals surface area contributed by atoms with Gasteiger partial charge in [-0.25, -0.2) is 0 Å². The first-order chi connectivity index (χ1) is 5.63. The Morgan fingerprint density at radius 3 is 2.50 bits per heavy atom. The van der Waals surface area contributed by atoms with Gasteiger partial charge in [0.2, 0.25) is 0 Å². The van der Waals surface area contributed by atoms with Gasteiger partial charge in [0.25, 0.3) is 0 Å². The molecular weight excluding hydrogens is 150 g/mol. The Balaban J connectivity index is 3.06. The summed E-state index contributed by atoms with van der Waals surface area (Å²) in [7, 11) is 1.67. The molecule has 1 rings (SSSR count). The van der Waals surface area contributed by atoms with Crippen molar-refractivity contribution < 1.29 is 4.74 Å². The molecule has 0 radical (unpaired) electrons. The van der Waals surface area contributed by atoms with Crippen LogP contribution < -0.4 is 10.5 Å². The lowest BCUT2D eigenvalue weighted by atomic mass is 10.1. The molecule has 0 aliphatic carbocycles. The summed E-state index contributed by atoms with van der Waals surface area (Å²) in [6, 6.07) is 6.11. The van der Waals surface area contributed by atoms with E-state index in [9.17, 15) is 0 Å². The Morgan fingerprint density at radius 2 is 2.00 bits per heavy atom. The van der Waals surface area contributed by atoms with E-state index in [1.807, 2.05) is 26.0 Å². The molecule has 2 N–H and O–H groups in total. The molecule has 12 heavy (non-hydrogen) atoms. The summed E-state index contributed by atoms with van der Waals surface area (Å²) in [5, 5.41) is 0. The van der Waals surface area contributed by atoms with Gasteiger partial charge in [0, 0.05) is 6.04 Å². The van der Waals surface area contributed by atoms with Crippen LogP contribution in [0.5, 0.6) is 5.75 Å². The maximum Gasteiger partial charge on any atom is 0.119 e. The molecule has 2 nitrogen and oxygen atoms in total. The van der Waals surface area contributed by atoms with Gasteiger partial charge in [0.05, 0.1) is 7.11 Å². The summed E-state index contributed by atoms with van der Waals surface area (Å²) in [5.74, 6) is 0.877. The standard InChI is InChI=1S/C10H15NO/c1-7-4-9(8(2)11)6-10(5-7)12-3/h4-6,8H,11H2,1-3H3. The van der Waals surface area contributed by atoms with Crippen LogP contribution in [0.25, 0.3) is 0 Å². The smallest absolute Gasteiger partial charge is 0.119 e. The molecule has 0 amide bonds. The van der Waals surface area contributed by atoms with Crippen LogP contribution in [0.2, 0.25) is 0 Å². The van der Waals surface area contributed by atoms with Crippen LogP contribution in [-0.4, -0.2) is 7.11 Å². The largest absolute Gasteiger partial charge is 0.497 e. The van der Waals surface area contributed by atoms with Crippen molar-refractivity contribution in [3.63, 3.8) is 0 Å². The Hall–Kier alpha value is -1.02. The number of nitrogens with two attached hydrogens (primary N) is 1. The Morgan fingerprint density at radius 1 is 1.33 bits per heavy atom. The highest BCUT2D eigenvalue weighted by Crippen LogP contribution is 2.19. The number of ether oxygens (including phenoxy) is 1. The molecule has 0 bridgehead atoms. The van der Waals surface area contributed by atoms with Gasteiger partial charge in [-0.15, -0.1) is 0 Å². The lowest BCUT2D eigenvalue weighted by molar-refractivity contribution is 0.413. The number of hydrogen-bond donors (Lipinski definition) is 1. The van der Waals surface area contributed by atoms with E-state index in [1.165, 1.54) is 5.56 Å². The lowest BCUT2D eigenvalue weighted by Gasteiger charge is -2.09. The van der Waals surface area contributed by atoms with Gasteiger partial charge in [-0.1, -0.05) is 6.07 Å². The van der Waals surface area contributed by atoms with E-state index in [4.69, 9.17) is 10.5 Å². The van der Waals surface area contributed by atoms with Crippen LogP contribution >= 0.6 is 0 Å². The number of rotatable bonds is 2. The minimum Gasteiger partial charge on any atom is -0.497 e. The van der Waals surface area contributed by atoms with Gasteiger partial charge >= 0.3 is 0 Å². The van der Waals surface area contributed by atoms with Crippen molar-refractivity contribution in [3.8, 4) is 5.75 Å². The van der Waals surface area contributed by atoms with Crippen molar-refractivity contribution in [2.24, 2.45) is 5.73 Å². The molecule has 0 saturated heterocycles. The first kappa shape index (κ1) is 9.07. The Kier molecular flexibility index (Phi) is 2.71. The number of hydrogen-bond acceptors (Lipinski definition) is 2. The molecule has 1 aromatic carbocycles. The van der Waals surface area contributed by atoms with Crippen LogP contribution in [-0.2, 0) is 0 Å². The molecule has 0 spiro atoms. The van der Waals surface area contributed by atoms with E-state index in [2.05, 4.69) is 6.07 Å². The fourth-order valence-electron chi connectivity index (χ4n) is 1.16. The first-order valence-corrected chi connectivity index (χ1v) is 4.04. The number of methoxy groups -OCH3 is 1. The second-order valence-corrected chi connectivity index (χ2v) is 3.07. The third kappa shape index (κ3) is 1.98. The third-order valence-corrected chi connectivity index (χ3v) is 1.83. The molecule has 1 aromatic rings. The highest BCUT2D eigenvalue weighted by atomic mass is 16.5. The first-order valence-electron chi connectivity index (χ1n) is 4.04. The van der Waals surface area contributed by atoms with Crippen LogP contribution in [0.4, 0.5) is 0 Å². The normalized spacial score (nSPS) is 12.7. The second-order valence-electron chi connectivity index (χ2n) is 3.07. The predicted octanol–water partition coefficient (Wildman–Crippen LogP) is 2.02. The van der Waals surface area contributed by atoms with Gasteiger partial charge in [-0.2, -0.15) is 0 Å². The van der Waals surface area contributed by atoms with Crippen LogP contribution in [0.1, 0.15) is 24.1 Å². The summed E-state index contributed by atoms with van der Waals surface area (Å²) in [4.78, 5) is 0. The molecule has 1 unspecified atom stereocenters. The zero-order chi connectivity index (χ0) is 9.14. The lowest BCUT2D eigenvalue weighted by Crippen LogP contribution is -2.05. The van der Waals surface area contributed by atoms with E-state index < -0.39 is 0 Å². The van der Waals surface area contributed by atoms with E-state index >= 15 is 0 Å². The molecule has 66 valence electrons. The maximum absolute atomic E-state index is 5.75.